The summed E-state index contributed by atoms with van der Waals surface area (Å²) in [5, 5.41) is 18.9. The summed E-state index contributed by atoms with van der Waals surface area (Å²) in [5.41, 5.74) is 3.26. The van der Waals surface area contributed by atoms with E-state index in [1.54, 1.807) is 12.1 Å². The summed E-state index contributed by atoms with van der Waals surface area (Å²) in [5.74, 6) is 0. The molecule has 0 saturated heterocycles. The molecule has 0 bridgehead atoms. The summed E-state index contributed by atoms with van der Waals surface area (Å²) in [7, 11) is 0. The van der Waals surface area contributed by atoms with Crippen LogP contribution in [-0.2, 0) is 19.4 Å². The molecule has 0 fully saturated rings. The van der Waals surface area contributed by atoms with E-state index in [0.717, 1.165) is 24.1 Å². The predicted octanol–water partition coefficient (Wildman–Crippen LogP) is 3.02. The third-order valence-electron chi connectivity index (χ3n) is 3.59. The number of nitro groups is 1. The van der Waals surface area contributed by atoms with Gasteiger partial charge in [0.1, 0.15) is 0 Å². The first-order chi connectivity index (χ1) is 11.2. The van der Waals surface area contributed by atoms with Gasteiger partial charge in [0.2, 0.25) is 0 Å². The molecule has 0 aliphatic carbocycles. The molecule has 116 valence electrons. The number of hydrogen-bond acceptors (Lipinski definition) is 4. The highest BCUT2D eigenvalue weighted by atomic mass is 16.6. The average Bonchev–Trinajstić information content (AvgIpc) is 3.02. The maximum atomic E-state index is 10.6. The molecule has 1 aromatic heterocycles. The van der Waals surface area contributed by atoms with Crippen molar-refractivity contribution in [3.8, 4) is 0 Å². The first kappa shape index (κ1) is 14.9. The van der Waals surface area contributed by atoms with E-state index in [0.29, 0.717) is 6.54 Å². The SMILES string of the molecule is O=[N+]([O-])c1ccc(CCc2cn(Cc3ccccc3)nn2)cc1. The van der Waals surface area contributed by atoms with Crippen molar-refractivity contribution in [3.05, 3.63) is 87.7 Å². The van der Waals surface area contributed by atoms with E-state index in [9.17, 15) is 10.1 Å². The second-order valence-corrected chi connectivity index (χ2v) is 5.32. The minimum atomic E-state index is -0.390. The molecule has 0 atom stereocenters. The highest BCUT2D eigenvalue weighted by molar-refractivity contribution is 5.33. The van der Waals surface area contributed by atoms with Gasteiger partial charge in [-0.2, -0.15) is 0 Å². The van der Waals surface area contributed by atoms with Gasteiger partial charge in [-0.05, 0) is 24.0 Å². The number of benzene rings is 2. The van der Waals surface area contributed by atoms with Crippen molar-refractivity contribution in [2.75, 3.05) is 0 Å². The molecule has 6 nitrogen and oxygen atoms in total. The number of non-ortho nitro benzene ring substituents is 1. The molecule has 0 spiro atoms. The maximum Gasteiger partial charge on any atom is 0.269 e. The lowest BCUT2D eigenvalue weighted by Crippen LogP contribution is -1.99. The molecule has 0 amide bonds. The van der Waals surface area contributed by atoms with E-state index in [4.69, 9.17) is 0 Å². The number of aromatic nitrogens is 3. The van der Waals surface area contributed by atoms with Crippen LogP contribution in [0.1, 0.15) is 16.8 Å². The molecule has 0 radical (unpaired) electrons. The Morgan fingerprint density at radius 1 is 0.957 bits per heavy atom. The van der Waals surface area contributed by atoms with E-state index < -0.39 is 0 Å². The van der Waals surface area contributed by atoms with Gasteiger partial charge in [0.15, 0.2) is 0 Å². The normalized spacial score (nSPS) is 10.6. The lowest BCUT2D eigenvalue weighted by atomic mass is 10.1. The Morgan fingerprint density at radius 3 is 2.39 bits per heavy atom. The first-order valence-electron chi connectivity index (χ1n) is 7.37. The Hall–Kier alpha value is -3.02. The summed E-state index contributed by atoms with van der Waals surface area (Å²) >= 11 is 0. The summed E-state index contributed by atoms with van der Waals surface area (Å²) in [4.78, 5) is 10.2. The largest absolute Gasteiger partial charge is 0.269 e. The second-order valence-electron chi connectivity index (χ2n) is 5.32. The fourth-order valence-corrected chi connectivity index (χ4v) is 2.36. The molecule has 0 aliphatic heterocycles. The summed E-state index contributed by atoms with van der Waals surface area (Å²) < 4.78 is 1.82. The lowest BCUT2D eigenvalue weighted by molar-refractivity contribution is -0.384. The maximum absolute atomic E-state index is 10.6. The Balaban J connectivity index is 1.57. The van der Waals surface area contributed by atoms with Crippen molar-refractivity contribution in [3.63, 3.8) is 0 Å². The molecule has 0 aliphatic rings. The van der Waals surface area contributed by atoms with Crippen molar-refractivity contribution >= 4 is 5.69 Å². The fraction of sp³-hybridized carbons (Fsp3) is 0.176. The third kappa shape index (κ3) is 4.00. The van der Waals surface area contributed by atoms with Crippen LogP contribution in [-0.4, -0.2) is 19.9 Å². The van der Waals surface area contributed by atoms with E-state index in [2.05, 4.69) is 22.4 Å². The minimum Gasteiger partial charge on any atom is -0.258 e. The number of nitrogens with zero attached hydrogens (tertiary/aromatic N) is 4. The average molecular weight is 308 g/mol. The Labute approximate surface area is 133 Å². The number of aryl methyl sites for hydroxylation is 2. The summed E-state index contributed by atoms with van der Waals surface area (Å²) in [6, 6.07) is 16.7. The van der Waals surface area contributed by atoms with Crippen molar-refractivity contribution in [1.82, 2.24) is 15.0 Å². The van der Waals surface area contributed by atoms with Gasteiger partial charge in [0.25, 0.3) is 5.69 Å². The Kier molecular flexibility index (Phi) is 4.42. The third-order valence-corrected chi connectivity index (χ3v) is 3.59. The molecule has 0 N–H and O–H groups in total. The quantitative estimate of drug-likeness (QED) is 0.518. The van der Waals surface area contributed by atoms with Crippen LogP contribution < -0.4 is 0 Å². The van der Waals surface area contributed by atoms with Crippen LogP contribution in [0.3, 0.4) is 0 Å². The molecule has 0 saturated carbocycles. The molecule has 3 aromatic rings. The van der Waals surface area contributed by atoms with Gasteiger partial charge in [0, 0.05) is 18.3 Å². The minimum absolute atomic E-state index is 0.113. The molecular formula is C17H16N4O2. The standard InChI is InChI=1S/C17H16N4O2/c22-21(23)17-10-7-14(8-11-17)6-9-16-13-20(19-18-16)12-15-4-2-1-3-5-15/h1-5,7-8,10-11,13H,6,9,12H2. The van der Waals surface area contributed by atoms with E-state index >= 15 is 0 Å². The number of nitro benzene ring substituents is 1. The number of hydrogen-bond donors (Lipinski definition) is 0. The highest BCUT2D eigenvalue weighted by Gasteiger charge is 2.06. The van der Waals surface area contributed by atoms with Gasteiger partial charge in [-0.25, -0.2) is 4.68 Å². The van der Waals surface area contributed by atoms with E-state index in [1.165, 1.54) is 17.7 Å². The van der Waals surface area contributed by atoms with Crippen LogP contribution in [0.4, 0.5) is 5.69 Å². The van der Waals surface area contributed by atoms with Crippen LogP contribution in [0.15, 0.2) is 60.8 Å². The Bertz CT molecular complexity index is 782. The zero-order valence-corrected chi connectivity index (χ0v) is 12.5. The molecular weight excluding hydrogens is 292 g/mol. The van der Waals surface area contributed by atoms with Crippen LogP contribution in [0.25, 0.3) is 0 Å². The molecule has 1 heterocycles. The van der Waals surface area contributed by atoms with Gasteiger partial charge in [-0.3, -0.25) is 10.1 Å². The van der Waals surface area contributed by atoms with Crippen LogP contribution >= 0.6 is 0 Å². The summed E-state index contributed by atoms with van der Waals surface area (Å²) in [6.07, 6.45) is 3.48. The molecule has 2 aromatic carbocycles. The van der Waals surface area contributed by atoms with Crippen LogP contribution in [0, 0.1) is 10.1 Å². The smallest absolute Gasteiger partial charge is 0.258 e. The van der Waals surface area contributed by atoms with Gasteiger partial charge in [-0.15, -0.1) is 5.10 Å². The monoisotopic (exact) mass is 308 g/mol. The zero-order valence-electron chi connectivity index (χ0n) is 12.5. The van der Waals surface area contributed by atoms with Gasteiger partial charge in [-0.1, -0.05) is 47.7 Å². The van der Waals surface area contributed by atoms with Crippen LogP contribution in [0.2, 0.25) is 0 Å². The van der Waals surface area contributed by atoms with Crippen molar-refractivity contribution in [2.24, 2.45) is 0 Å². The fourth-order valence-electron chi connectivity index (χ4n) is 2.36. The van der Waals surface area contributed by atoms with Gasteiger partial charge >= 0.3 is 0 Å². The van der Waals surface area contributed by atoms with Crippen LogP contribution in [0.5, 0.6) is 0 Å². The van der Waals surface area contributed by atoms with Gasteiger partial charge in [0.05, 0.1) is 17.2 Å². The first-order valence-corrected chi connectivity index (χ1v) is 7.37. The van der Waals surface area contributed by atoms with Crippen molar-refractivity contribution < 1.29 is 4.92 Å². The zero-order chi connectivity index (χ0) is 16.1. The lowest BCUT2D eigenvalue weighted by Gasteiger charge is -2.00. The Morgan fingerprint density at radius 2 is 1.70 bits per heavy atom. The highest BCUT2D eigenvalue weighted by Crippen LogP contribution is 2.13. The molecule has 6 heteroatoms. The molecule has 0 unspecified atom stereocenters. The van der Waals surface area contributed by atoms with Gasteiger partial charge < -0.3 is 0 Å². The van der Waals surface area contributed by atoms with E-state index in [-0.39, 0.29) is 10.6 Å². The summed E-state index contributed by atoms with van der Waals surface area (Å²) in [6.45, 7) is 0.700. The van der Waals surface area contributed by atoms with E-state index in [1.807, 2.05) is 29.1 Å². The second kappa shape index (κ2) is 6.83. The van der Waals surface area contributed by atoms with Crippen molar-refractivity contribution in [2.45, 2.75) is 19.4 Å². The van der Waals surface area contributed by atoms with Crippen molar-refractivity contribution in [1.29, 1.82) is 0 Å². The predicted molar refractivity (Wildman–Crippen MR) is 86.1 cm³/mol. The number of rotatable bonds is 6. The topological polar surface area (TPSA) is 73.8 Å². The molecule has 3 rings (SSSR count). The molecule has 23 heavy (non-hydrogen) atoms.